The van der Waals surface area contributed by atoms with E-state index < -0.39 is 34.0 Å². The van der Waals surface area contributed by atoms with Crippen LogP contribution in [0.5, 0.6) is 0 Å². The first-order valence-electron chi connectivity index (χ1n) is 7.97. The molecule has 0 radical (unpaired) electrons. The molecule has 1 aromatic rings. The molecule has 0 aromatic heterocycles. The minimum Gasteiger partial charge on any atom is -0.465 e. The van der Waals surface area contributed by atoms with Crippen molar-refractivity contribution in [3.63, 3.8) is 0 Å². The third-order valence-corrected chi connectivity index (χ3v) is 3.67. The normalized spacial score (nSPS) is 14.2. The molecule has 0 fully saturated rings. The molecule has 2 atom stereocenters. The molecule has 0 saturated carbocycles. The highest BCUT2D eigenvalue weighted by Crippen LogP contribution is 2.13. The molecule has 146 valence electrons. The van der Waals surface area contributed by atoms with Crippen LogP contribution in [0.1, 0.15) is 26.3 Å². The average molecular weight is 387 g/mol. The fourth-order valence-corrected chi connectivity index (χ4v) is 2.81. The number of rotatable bonds is 9. The van der Waals surface area contributed by atoms with E-state index in [1.165, 1.54) is 0 Å². The summed E-state index contributed by atoms with van der Waals surface area (Å²) in [5, 5.41) is 2.61. The van der Waals surface area contributed by atoms with Crippen molar-refractivity contribution in [1.82, 2.24) is 5.32 Å². The van der Waals surface area contributed by atoms with E-state index in [9.17, 15) is 18.0 Å². The molecular formula is C17H25NO7S. The van der Waals surface area contributed by atoms with Crippen LogP contribution in [0.15, 0.2) is 30.3 Å². The number of carbonyl (C=O) groups excluding carboxylic acids is 2. The summed E-state index contributed by atoms with van der Waals surface area (Å²) >= 11 is 0. The molecule has 1 amide bonds. The fraction of sp³-hybridized carbons (Fsp3) is 0.529. The summed E-state index contributed by atoms with van der Waals surface area (Å²) in [5.41, 5.74) is 0.107. The van der Waals surface area contributed by atoms with Gasteiger partial charge in [-0.15, -0.1) is 0 Å². The second-order valence-corrected chi connectivity index (χ2v) is 8.31. The summed E-state index contributed by atoms with van der Waals surface area (Å²) in [4.78, 5) is 22.7. The van der Waals surface area contributed by atoms with Crippen LogP contribution in [0.2, 0.25) is 0 Å². The Hall–Kier alpha value is -2.13. The third kappa shape index (κ3) is 9.38. The molecule has 8 nitrogen and oxygen atoms in total. The van der Waals surface area contributed by atoms with Crippen LogP contribution in [-0.4, -0.2) is 51.6 Å². The number of amides is 1. The predicted octanol–water partition coefficient (Wildman–Crippen LogP) is 1.64. The maximum atomic E-state index is 12.2. The Balaban J connectivity index is 3.04. The molecule has 1 N–H and O–H groups in total. The van der Waals surface area contributed by atoms with Gasteiger partial charge >= 0.3 is 6.09 Å². The van der Waals surface area contributed by atoms with Gasteiger partial charge in [0.1, 0.15) is 18.3 Å². The molecule has 0 spiro atoms. The van der Waals surface area contributed by atoms with Gasteiger partial charge in [-0.1, -0.05) is 30.3 Å². The number of hydrogen-bond donors (Lipinski definition) is 1. The molecule has 9 heteroatoms. The predicted molar refractivity (Wildman–Crippen MR) is 95.0 cm³/mol. The van der Waals surface area contributed by atoms with Crippen molar-refractivity contribution < 1.29 is 31.7 Å². The van der Waals surface area contributed by atoms with Crippen LogP contribution < -0.4 is 5.32 Å². The third-order valence-electron chi connectivity index (χ3n) is 3.08. The standard InChI is InChI=1S/C17H25NO7S/c1-17(2,3)24-16(20)18-14(10-13-8-6-5-7-9-13)15(11-23-12-19)25-26(4,21)22/h5-9,12,14-15H,10-11H2,1-4H3,(H,18,20)/t14-,15+/m0/s1. The van der Waals surface area contributed by atoms with Crippen molar-refractivity contribution in [3.05, 3.63) is 35.9 Å². The largest absolute Gasteiger partial charge is 0.465 e. The number of hydrogen-bond acceptors (Lipinski definition) is 7. The molecular weight excluding hydrogens is 362 g/mol. The van der Waals surface area contributed by atoms with Crippen molar-refractivity contribution in [2.24, 2.45) is 0 Å². The van der Waals surface area contributed by atoms with Crippen molar-refractivity contribution in [2.45, 2.75) is 44.9 Å². The van der Waals surface area contributed by atoms with Gasteiger partial charge in [0.15, 0.2) is 0 Å². The molecule has 0 heterocycles. The van der Waals surface area contributed by atoms with Crippen LogP contribution in [0.25, 0.3) is 0 Å². The Morgan fingerprint density at radius 3 is 2.35 bits per heavy atom. The van der Waals surface area contributed by atoms with Gasteiger partial charge in [-0.05, 0) is 32.8 Å². The summed E-state index contributed by atoms with van der Waals surface area (Å²) in [5.74, 6) is 0. The van der Waals surface area contributed by atoms with E-state index in [4.69, 9.17) is 8.92 Å². The molecule has 0 aliphatic carbocycles. The topological polar surface area (TPSA) is 108 Å². The van der Waals surface area contributed by atoms with E-state index in [-0.39, 0.29) is 19.5 Å². The van der Waals surface area contributed by atoms with Gasteiger partial charge in [0, 0.05) is 0 Å². The zero-order valence-electron chi connectivity index (χ0n) is 15.3. The second kappa shape index (κ2) is 9.54. The van der Waals surface area contributed by atoms with E-state index in [1.54, 1.807) is 20.8 Å². The summed E-state index contributed by atoms with van der Waals surface area (Å²) < 4.78 is 38.1. The zero-order valence-corrected chi connectivity index (χ0v) is 16.1. The van der Waals surface area contributed by atoms with Crippen molar-refractivity contribution in [3.8, 4) is 0 Å². The molecule has 0 aliphatic heterocycles. The smallest absolute Gasteiger partial charge is 0.407 e. The van der Waals surface area contributed by atoms with E-state index in [1.807, 2.05) is 30.3 Å². The Bertz CT molecular complexity index is 683. The highest BCUT2D eigenvalue weighted by molar-refractivity contribution is 7.86. The number of ether oxygens (including phenoxy) is 2. The first-order valence-corrected chi connectivity index (χ1v) is 9.79. The first kappa shape index (κ1) is 21.9. The van der Waals surface area contributed by atoms with Gasteiger partial charge in [-0.3, -0.25) is 8.98 Å². The van der Waals surface area contributed by atoms with Gasteiger partial charge in [0.2, 0.25) is 0 Å². The van der Waals surface area contributed by atoms with Crippen LogP contribution in [0.3, 0.4) is 0 Å². The molecule has 1 rings (SSSR count). The van der Waals surface area contributed by atoms with Crippen LogP contribution >= 0.6 is 0 Å². The van der Waals surface area contributed by atoms with E-state index in [0.717, 1.165) is 11.8 Å². The van der Waals surface area contributed by atoms with E-state index in [0.29, 0.717) is 0 Å². The van der Waals surface area contributed by atoms with E-state index in [2.05, 4.69) is 10.1 Å². The Morgan fingerprint density at radius 2 is 1.85 bits per heavy atom. The number of nitrogens with one attached hydrogen (secondary N) is 1. The molecule has 1 aromatic carbocycles. The molecule has 0 bridgehead atoms. The van der Waals surface area contributed by atoms with Gasteiger partial charge in [-0.25, -0.2) is 4.79 Å². The number of carbonyl (C=O) groups is 2. The SMILES string of the molecule is CC(C)(C)OC(=O)N[C@@H](Cc1ccccc1)[C@@H](COC=O)OS(C)(=O)=O. The van der Waals surface area contributed by atoms with Gasteiger partial charge in [0.25, 0.3) is 16.6 Å². The van der Waals surface area contributed by atoms with Crippen LogP contribution in [0.4, 0.5) is 4.79 Å². The highest BCUT2D eigenvalue weighted by Gasteiger charge is 2.30. The van der Waals surface area contributed by atoms with E-state index >= 15 is 0 Å². The maximum Gasteiger partial charge on any atom is 0.407 e. The monoisotopic (exact) mass is 387 g/mol. The van der Waals surface area contributed by atoms with Crippen LogP contribution in [0, 0.1) is 0 Å². The summed E-state index contributed by atoms with van der Waals surface area (Å²) in [6.45, 7) is 4.96. The summed E-state index contributed by atoms with van der Waals surface area (Å²) in [6, 6.07) is 8.30. The molecule has 0 saturated heterocycles. The molecule has 26 heavy (non-hydrogen) atoms. The lowest BCUT2D eigenvalue weighted by atomic mass is 10.0. The Kier molecular flexibility index (Phi) is 8.04. The first-order chi connectivity index (χ1) is 12.0. The van der Waals surface area contributed by atoms with Gasteiger partial charge < -0.3 is 14.8 Å². The van der Waals surface area contributed by atoms with Crippen molar-refractivity contribution >= 4 is 22.7 Å². The highest BCUT2D eigenvalue weighted by atomic mass is 32.2. The van der Waals surface area contributed by atoms with Crippen LogP contribution in [-0.2, 0) is 35.0 Å². The maximum absolute atomic E-state index is 12.2. The second-order valence-electron chi connectivity index (χ2n) is 6.71. The van der Waals surface area contributed by atoms with Crippen molar-refractivity contribution in [2.75, 3.05) is 12.9 Å². The van der Waals surface area contributed by atoms with Crippen molar-refractivity contribution in [1.29, 1.82) is 0 Å². The zero-order chi connectivity index (χ0) is 19.8. The lowest BCUT2D eigenvalue weighted by molar-refractivity contribution is -0.131. The van der Waals surface area contributed by atoms with Gasteiger partial charge in [-0.2, -0.15) is 8.42 Å². The Labute approximate surface area is 153 Å². The summed E-state index contributed by atoms with van der Waals surface area (Å²) in [6.07, 6.45) is -0.703. The summed E-state index contributed by atoms with van der Waals surface area (Å²) in [7, 11) is -3.85. The lowest BCUT2D eigenvalue weighted by Crippen LogP contribution is -2.50. The lowest BCUT2D eigenvalue weighted by Gasteiger charge is -2.28. The van der Waals surface area contributed by atoms with Gasteiger partial charge in [0.05, 0.1) is 12.3 Å². The average Bonchev–Trinajstić information content (AvgIpc) is 2.49. The quantitative estimate of drug-likeness (QED) is 0.507. The molecule has 0 aliphatic rings. The number of alkyl carbamates (subject to hydrolysis) is 1. The minimum absolute atomic E-state index is 0.186. The minimum atomic E-state index is -3.85. The number of benzene rings is 1. The molecule has 0 unspecified atom stereocenters. The fourth-order valence-electron chi connectivity index (χ4n) is 2.17. The Morgan fingerprint density at radius 1 is 1.23 bits per heavy atom.